The van der Waals surface area contributed by atoms with E-state index in [2.05, 4.69) is 5.43 Å². The van der Waals surface area contributed by atoms with Crippen LogP contribution in [0.4, 0.5) is 0 Å². The lowest BCUT2D eigenvalue weighted by atomic mass is 10.2. The van der Waals surface area contributed by atoms with E-state index in [4.69, 9.17) is 11.6 Å². The number of hydrogen-bond acceptors (Lipinski definition) is 3. The number of amides is 1. The number of piperidine rings is 1. The summed E-state index contributed by atoms with van der Waals surface area (Å²) in [7, 11) is 0. The van der Waals surface area contributed by atoms with Crippen molar-refractivity contribution in [3.8, 4) is 0 Å². The van der Waals surface area contributed by atoms with E-state index >= 15 is 0 Å². The van der Waals surface area contributed by atoms with Gasteiger partial charge in [0.15, 0.2) is 0 Å². The van der Waals surface area contributed by atoms with Crippen LogP contribution in [0.2, 0.25) is 5.02 Å². The molecule has 0 unspecified atom stereocenters. The molecule has 0 spiro atoms. The first-order chi connectivity index (χ1) is 10.2. The molecule has 1 aliphatic rings. The van der Waals surface area contributed by atoms with Gasteiger partial charge in [0.2, 0.25) is 0 Å². The number of halogens is 1. The first-order valence-corrected chi connectivity index (χ1v) is 8.34. The van der Waals surface area contributed by atoms with E-state index in [9.17, 15) is 4.79 Å². The summed E-state index contributed by atoms with van der Waals surface area (Å²) in [5.74, 6) is -0.0922. The van der Waals surface area contributed by atoms with Crippen LogP contribution in [0.3, 0.4) is 0 Å². The van der Waals surface area contributed by atoms with Crippen molar-refractivity contribution in [2.24, 2.45) is 0 Å². The molecule has 1 aromatic carbocycles. The smallest absolute Gasteiger partial charge is 0.258 e. The van der Waals surface area contributed by atoms with Gasteiger partial charge in [0.05, 0.1) is 5.02 Å². The molecule has 1 N–H and O–H groups in total. The maximum Gasteiger partial charge on any atom is 0.258 e. The quantitative estimate of drug-likeness (QED) is 0.864. The molecule has 0 bridgehead atoms. The maximum absolute atomic E-state index is 11.9. The fourth-order valence-electron chi connectivity index (χ4n) is 2.49. The van der Waals surface area contributed by atoms with Crippen molar-refractivity contribution >= 4 is 45.0 Å². The minimum atomic E-state index is -0.0922. The molecule has 0 saturated carbocycles. The summed E-state index contributed by atoms with van der Waals surface area (Å²) in [5, 5.41) is 3.75. The molecule has 0 atom stereocenters. The second-order valence-electron chi connectivity index (χ2n) is 5.13. The fraction of sp³-hybridized carbons (Fsp3) is 0.312. The van der Waals surface area contributed by atoms with Crippen molar-refractivity contribution in [2.45, 2.75) is 19.3 Å². The van der Waals surface area contributed by atoms with Crippen LogP contribution in [0.25, 0.3) is 16.2 Å². The highest BCUT2D eigenvalue weighted by Crippen LogP contribution is 2.35. The molecule has 2 heterocycles. The summed E-state index contributed by atoms with van der Waals surface area (Å²) < 4.78 is 1.14. The van der Waals surface area contributed by atoms with Crippen LogP contribution >= 0.6 is 22.9 Å². The number of nitrogens with one attached hydrogen (secondary N) is 1. The van der Waals surface area contributed by atoms with Gasteiger partial charge in [-0.15, -0.1) is 11.3 Å². The monoisotopic (exact) mass is 320 g/mol. The highest BCUT2D eigenvalue weighted by molar-refractivity contribution is 7.20. The summed E-state index contributed by atoms with van der Waals surface area (Å²) in [6.45, 7) is 1.87. The molecule has 5 heteroatoms. The molecular weight excluding hydrogens is 304 g/mol. The van der Waals surface area contributed by atoms with Crippen LogP contribution in [0, 0.1) is 0 Å². The number of hydrogen-bond donors (Lipinski definition) is 1. The average molecular weight is 321 g/mol. The number of thiophene rings is 1. The minimum Gasteiger partial charge on any atom is -0.285 e. The second-order valence-corrected chi connectivity index (χ2v) is 6.60. The molecule has 1 aliphatic heterocycles. The zero-order chi connectivity index (χ0) is 14.7. The highest BCUT2D eigenvalue weighted by Gasteiger charge is 2.11. The Hall–Kier alpha value is -1.36. The van der Waals surface area contributed by atoms with E-state index in [0.29, 0.717) is 0 Å². The zero-order valence-corrected chi connectivity index (χ0v) is 13.2. The van der Waals surface area contributed by atoms with E-state index in [0.717, 1.165) is 45.9 Å². The summed E-state index contributed by atoms with van der Waals surface area (Å²) in [6.07, 6.45) is 6.90. The predicted octanol–water partition coefficient (Wildman–Crippen LogP) is 4.09. The van der Waals surface area contributed by atoms with Crippen LogP contribution in [0.15, 0.2) is 30.3 Å². The van der Waals surface area contributed by atoms with Gasteiger partial charge in [0, 0.05) is 34.1 Å². The molecule has 1 saturated heterocycles. The van der Waals surface area contributed by atoms with Gasteiger partial charge in [0.25, 0.3) is 5.91 Å². The van der Waals surface area contributed by atoms with Crippen LogP contribution in [0.1, 0.15) is 24.1 Å². The third-order valence-electron chi connectivity index (χ3n) is 3.57. The normalized spacial score (nSPS) is 16.6. The number of fused-ring (bicyclic) bond motifs is 1. The molecule has 1 amide bonds. The van der Waals surface area contributed by atoms with Gasteiger partial charge < -0.3 is 0 Å². The lowest BCUT2D eigenvalue weighted by Gasteiger charge is -2.26. The summed E-state index contributed by atoms with van der Waals surface area (Å²) in [4.78, 5) is 12.9. The molecule has 1 fully saturated rings. The Morgan fingerprint density at radius 1 is 1.24 bits per heavy atom. The van der Waals surface area contributed by atoms with E-state index in [1.165, 1.54) is 6.42 Å². The van der Waals surface area contributed by atoms with Crippen molar-refractivity contribution in [3.05, 3.63) is 40.2 Å². The van der Waals surface area contributed by atoms with E-state index in [-0.39, 0.29) is 5.91 Å². The van der Waals surface area contributed by atoms with Crippen molar-refractivity contribution in [1.82, 2.24) is 10.4 Å². The van der Waals surface area contributed by atoms with Gasteiger partial charge in [0.1, 0.15) is 0 Å². The Morgan fingerprint density at radius 2 is 2.00 bits per heavy atom. The van der Waals surface area contributed by atoms with Gasteiger partial charge in [-0.3, -0.25) is 10.2 Å². The van der Waals surface area contributed by atoms with Gasteiger partial charge in [-0.05, 0) is 25.0 Å². The second kappa shape index (κ2) is 6.60. The van der Waals surface area contributed by atoms with Crippen LogP contribution < -0.4 is 5.43 Å². The minimum absolute atomic E-state index is 0.0922. The standard InChI is InChI=1S/C16H17ClN2OS/c17-16-12-6-2-3-7-13(12)21-14(16)8-9-15(20)18-19-10-4-1-5-11-19/h2-3,6-9H,1,4-5,10-11H2,(H,18,20)/b9-8+. The van der Waals surface area contributed by atoms with E-state index < -0.39 is 0 Å². The molecule has 3 nitrogen and oxygen atoms in total. The summed E-state index contributed by atoms with van der Waals surface area (Å²) >= 11 is 7.95. The Bertz CT molecular complexity index is 674. The van der Waals surface area contributed by atoms with Crippen molar-refractivity contribution in [1.29, 1.82) is 0 Å². The number of carbonyl (C=O) groups is 1. The molecule has 0 radical (unpaired) electrons. The summed E-state index contributed by atoms with van der Waals surface area (Å²) in [6, 6.07) is 8.00. The fourth-order valence-corrected chi connectivity index (χ4v) is 3.89. The molecule has 1 aromatic heterocycles. The van der Waals surface area contributed by atoms with Gasteiger partial charge in [-0.1, -0.05) is 36.2 Å². The van der Waals surface area contributed by atoms with Crippen LogP contribution in [-0.4, -0.2) is 24.0 Å². The lowest BCUT2D eigenvalue weighted by Crippen LogP contribution is -2.44. The average Bonchev–Trinajstić information content (AvgIpc) is 2.83. The number of nitrogens with zero attached hydrogens (tertiary/aromatic N) is 1. The number of carbonyl (C=O) groups excluding carboxylic acids is 1. The molecule has 0 aliphatic carbocycles. The first-order valence-electron chi connectivity index (χ1n) is 7.15. The number of rotatable bonds is 3. The van der Waals surface area contributed by atoms with Gasteiger partial charge >= 0.3 is 0 Å². The number of hydrazine groups is 1. The molecular formula is C16H17ClN2OS. The molecule has 2 aromatic rings. The first kappa shape index (κ1) is 14.6. The third kappa shape index (κ3) is 3.46. The maximum atomic E-state index is 11.9. The van der Waals surface area contributed by atoms with Crippen LogP contribution in [0.5, 0.6) is 0 Å². The van der Waals surface area contributed by atoms with Crippen molar-refractivity contribution in [2.75, 3.05) is 13.1 Å². The lowest BCUT2D eigenvalue weighted by molar-refractivity contribution is -0.121. The van der Waals surface area contributed by atoms with Gasteiger partial charge in [-0.2, -0.15) is 0 Å². The van der Waals surface area contributed by atoms with Crippen molar-refractivity contribution in [3.63, 3.8) is 0 Å². The SMILES string of the molecule is O=C(/C=C/c1sc2ccccc2c1Cl)NN1CCCCC1. The molecule has 21 heavy (non-hydrogen) atoms. The predicted molar refractivity (Wildman–Crippen MR) is 89.4 cm³/mol. The Labute approximate surface area is 133 Å². The number of benzene rings is 1. The Kier molecular flexibility index (Phi) is 4.58. The zero-order valence-electron chi connectivity index (χ0n) is 11.6. The third-order valence-corrected chi connectivity index (χ3v) is 5.23. The van der Waals surface area contributed by atoms with E-state index in [1.54, 1.807) is 23.5 Å². The Morgan fingerprint density at radius 3 is 2.76 bits per heavy atom. The van der Waals surface area contributed by atoms with Crippen LogP contribution in [-0.2, 0) is 4.79 Å². The van der Waals surface area contributed by atoms with Gasteiger partial charge in [-0.25, -0.2) is 5.01 Å². The largest absolute Gasteiger partial charge is 0.285 e. The van der Waals surface area contributed by atoms with Crippen molar-refractivity contribution < 1.29 is 4.79 Å². The highest BCUT2D eigenvalue weighted by atomic mass is 35.5. The topological polar surface area (TPSA) is 32.3 Å². The molecule has 3 rings (SSSR count). The Balaban J connectivity index is 1.69. The summed E-state index contributed by atoms with van der Waals surface area (Å²) in [5.41, 5.74) is 2.91. The van der Waals surface area contributed by atoms with E-state index in [1.807, 2.05) is 29.3 Å². The molecule has 110 valence electrons.